The average Bonchev–Trinajstić information content (AvgIpc) is 3.18. The summed E-state index contributed by atoms with van der Waals surface area (Å²) < 4.78 is 40.5. The molecule has 152 valence electrons. The van der Waals surface area contributed by atoms with E-state index in [2.05, 4.69) is 15.1 Å². The van der Waals surface area contributed by atoms with E-state index in [1.165, 1.54) is 11.1 Å². The standard InChI is InChI=1S/C19H18F3N5O2/c1-11-4-5-13-16(28)14(9-23-17(13)25-11)18(29)26-8-2-3-12(10-26)27-15(6-7-24-27)19(20,21)22/h4-7,9,12H,2-3,8,10H2,1H3,(H,23,25,28)/t12-/m0/s1. The van der Waals surface area contributed by atoms with E-state index in [0.29, 0.717) is 30.4 Å². The number of carbonyl (C=O) groups excluding carboxylic acids is 1. The molecule has 0 bridgehead atoms. The Hall–Kier alpha value is -3.17. The topological polar surface area (TPSA) is 83.9 Å². The number of fused-ring (bicyclic) bond motifs is 1. The van der Waals surface area contributed by atoms with Crippen LogP contribution in [0.5, 0.6) is 0 Å². The summed E-state index contributed by atoms with van der Waals surface area (Å²) >= 11 is 0. The van der Waals surface area contributed by atoms with E-state index in [9.17, 15) is 22.8 Å². The number of piperidine rings is 1. The lowest BCUT2D eigenvalue weighted by Gasteiger charge is -2.33. The first-order valence-electron chi connectivity index (χ1n) is 9.15. The summed E-state index contributed by atoms with van der Waals surface area (Å²) in [6.45, 7) is 2.20. The van der Waals surface area contributed by atoms with Crippen LogP contribution >= 0.6 is 0 Å². The van der Waals surface area contributed by atoms with Gasteiger partial charge in [-0.25, -0.2) is 4.98 Å². The predicted molar refractivity (Wildman–Crippen MR) is 98.5 cm³/mol. The van der Waals surface area contributed by atoms with Crippen LogP contribution in [0.15, 0.2) is 35.4 Å². The second-order valence-corrected chi connectivity index (χ2v) is 7.09. The van der Waals surface area contributed by atoms with Gasteiger partial charge in [0.25, 0.3) is 5.91 Å². The summed E-state index contributed by atoms with van der Waals surface area (Å²) in [5.41, 5.74) is -0.240. The first-order chi connectivity index (χ1) is 13.8. The maximum absolute atomic E-state index is 13.2. The lowest BCUT2D eigenvalue weighted by Crippen LogP contribution is -2.43. The first kappa shape index (κ1) is 19.2. The largest absolute Gasteiger partial charge is 0.433 e. The van der Waals surface area contributed by atoms with E-state index in [1.54, 1.807) is 19.1 Å². The quantitative estimate of drug-likeness (QED) is 0.711. The number of rotatable bonds is 2. The van der Waals surface area contributed by atoms with Gasteiger partial charge >= 0.3 is 6.18 Å². The van der Waals surface area contributed by atoms with Gasteiger partial charge in [-0.3, -0.25) is 14.3 Å². The molecule has 0 spiro atoms. The van der Waals surface area contributed by atoms with Gasteiger partial charge in [0.1, 0.15) is 16.9 Å². The zero-order valence-electron chi connectivity index (χ0n) is 15.5. The van der Waals surface area contributed by atoms with Crippen molar-refractivity contribution in [3.05, 3.63) is 57.8 Å². The van der Waals surface area contributed by atoms with Crippen LogP contribution in [0.2, 0.25) is 0 Å². The van der Waals surface area contributed by atoms with Crippen LogP contribution in [0, 0.1) is 6.92 Å². The third-order valence-electron chi connectivity index (χ3n) is 5.10. The van der Waals surface area contributed by atoms with Gasteiger partial charge in [-0.05, 0) is 38.0 Å². The molecule has 1 N–H and O–H groups in total. The molecule has 0 aliphatic carbocycles. The van der Waals surface area contributed by atoms with E-state index in [-0.39, 0.29) is 12.1 Å². The molecule has 4 rings (SSSR count). The zero-order valence-corrected chi connectivity index (χ0v) is 15.5. The highest BCUT2D eigenvalue weighted by Gasteiger charge is 2.38. The molecule has 1 saturated heterocycles. The third-order valence-corrected chi connectivity index (χ3v) is 5.10. The van der Waals surface area contributed by atoms with Crippen molar-refractivity contribution >= 4 is 16.9 Å². The van der Waals surface area contributed by atoms with Gasteiger partial charge in [0, 0.05) is 31.2 Å². The number of carbonyl (C=O) groups is 1. The highest BCUT2D eigenvalue weighted by atomic mass is 19.4. The Morgan fingerprint density at radius 3 is 2.83 bits per heavy atom. The smallest absolute Gasteiger partial charge is 0.345 e. The van der Waals surface area contributed by atoms with Crippen molar-refractivity contribution in [3.8, 4) is 0 Å². The summed E-state index contributed by atoms with van der Waals surface area (Å²) in [5.74, 6) is -0.515. The fourth-order valence-electron chi connectivity index (χ4n) is 3.70. The number of aryl methyl sites for hydroxylation is 1. The molecule has 1 amide bonds. The molecular weight excluding hydrogens is 387 g/mol. The number of alkyl halides is 3. The van der Waals surface area contributed by atoms with Crippen molar-refractivity contribution in [1.82, 2.24) is 24.6 Å². The minimum atomic E-state index is -4.52. The first-order valence-corrected chi connectivity index (χ1v) is 9.15. The van der Waals surface area contributed by atoms with Crippen molar-refractivity contribution in [2.24, 2.45) is 0 Å². The van der Waals surface area contributed by atoms with Crippen LogP contribution in [0.3, 0.4) is 0 Å². The van der Waals surface area contributed by atoms with Gasteiger partial charge in [-0.15, -0.1) is 0 Å². The fraction of sp³-hybridized carbons (Fsp3) is 0.368. The van der Waals surface area contributed by atoms with Gasteiger partial charge in [0.2, 0.25) is 5.43 Å². The van der Waals surface area contributed by atoms with Gasteiger partial charge < -0.3 is 9.88 Å². The molecule has 0 saturated carbocycles. The van der Waals surface area contributed by atoms with Crippen LogP contribution in [0.25, 0.3) is 11.0 Å². The maximum Gasteiger partial charge on any atom is 0.433 e. The highest BCUT2D eigenvalue weighted by Crippen LogP contribution is 2.33. The normalized spacial score (nSPS) is 17.7. The van der Waals surface area contributed by atoms with Crippen molar-refractivity contribution < 1.29 is 18.0 Å². The Morgan fingerprint density at radius 2 is 2.07 bits per heavy atom. The Kier molecular flexibility index (Phi) is 4.64. The lowest BCUT2D eigenvalue weighted by molar-refractivity contribution is -0.145. The molecule has 1 aliphatic rings. The predicted octanol–water partition coefficient (Wildman–Crippen LogP) is 2.92. The zero-order chi connectivity index (χ0) is 20.8. The molecule has 0 aromatic carbocycles. The Balaban J connectivity index is 1.63. The van der Waals surface area contributed by atoms with Crippen LogP contribution in [-0.2, 0) is 6.18 Å². The summed E-state index contributed by atoms with van der Waals surface area (Å²) in [6.07, 6.45) is -1.13. The molecule has 10 heteroatoms. The molecule has 1 atom stereocenters. The van der Waals surface area contributed by atoms with Crippen LogP contribution in [0.1, 0.15) is 40.6 Å². The van der Waals surface area contributed by atoms with E-state index in [0.717, 1.165) is 22.6 Å². The molecule has 4 heterocycles. The number of H-pyrrole nitrogens is 1. The van der Waals surface area contributed by atoms with Gasteiger partial charge in [0.15, 0.2) is 0 Å². The number of likely N-dealkylation sites (tertiary alicyclic amines) is 1. The number of nitrogens with zero attached hydrogens (tertiary/aromatic N) is 4. The third kappa shape index (κ3) is 3.50. The molecule has 29 heavy (non-hydrogen) atoms. The Labute approximate surface area is 163 Å². The maximum atomic E-state index is 13.2. The van der Waals surface area contributed by atoms with Gasteiger partial charge in [-0.1, -0.05) is 0 Å². The monoisotopic (exact) mass is 405 g/mol. The second kappa shape index (κ2) is 7.02. The molecule has 3 aromatic rings. The number of nitrogens with one attached hydrogen (secondary N) is 1. The highest BCUT2D eigenvalue weighted by molar-refractivity contribution is 5.96. The van der Waals surface area contributed by atoms with Crippen molar-refractivity contribution in [2.45, 2.75) is 32.0 Å². The van der Waals surface area contributed by atoms with E-state index < -0.39 is 29.2 Å². The summed E-state index contributed by atoms with van der Waals surface area (Å²) in [5, 5.41) is 4.12. The van der Waals surface area contributed by atoms with Gasteiger partial charge in [0.05, 0.1) is 11.4 Å². The molecular formula is C19H18F3N5O2. The summed E-state index contributed by atoms with van der Waals surface area (Å²) in [6, 6.07) is 3.59. The number of hydrogen-bond donors (Lipinski definition) is 1. The molecule has 0 unspecified atom stereocenters. The van der Waals surface area contributed by atoms with Crippen LogP contribution in [-0.4, -0.2) is 43.6 Å². The Morgan fingerprint density at radius 1 is 1.28 bits per heavy atom. The minimum absolute atomic E-state index is 0.0488. The number of halogens is 3. The molecule has 1 fully saturated rings. The number of amides is 1. The number of aromatic nitrogens is 4. The van der Waals surface area contributed by atoms with Crippen molar-refractivity contribution in [2.75, 3.05) is 13.1 Å². The molecule has 3 aromatic heterocycles. The molecule has 1 aliphatic heterocycles. The van der Waals surface area contributed by atoms with Crippen LogP contribution in [0.4, 0.5) is 13.2 Å². The van der Waals surface area contributed by atoms with Crippen molar-refractivity contribution in [3.63, 3.8) is 0 Å². The molecule has 0 radical (unpaired) electrons. The van der Waals surface area contributed by atoms with Crippen LogP contribution < -0.4 is 5.43 Å². The Bertz CT molecular complexity index is 1130. The second-order valence-electron chi connectivity index (χ2n) is 7.09. The molecule has 7 nitrogen and oxygen atoms in total. The lowest BCUT2D eigenvalue weighted by atomic mass is 10.0. The van der Waals surface area contributed by atoms with Crippen molar-refractivity contribution in [1.29, 1.82) is 0 Å². The van der Waals surface area contributed by atoms with E-state index in [1.807, 2.05) is 0 Å². The van der Waals surface area contributed by atoms with E-state index in [4.69, 9.17) is 0 Å². The summed E-state index contributed by atoms with van der Waals surface area (Å²) in [7, 11) is 0. The fourth-order valence-corrected chi connectivity index (χ4v) is 3.70. The average molecular weight is 405 g/mol. The number of hydrogen-bond acceptors (Lipinski definition) is 4. The number of aromatic amines is 1. The number of pyridine rings is 2. The van der Waals surface area contributed by atoms with E-state index >= 15 is 0 Å². The SMILES string of the molecule is Cc1ccc2c(=O)c(C(=O)N3CCC[C@H](n4nccc4C(F)(F)F)C3)c[nH]c2n1. The van der Waals surface area contributed by atoms with Gasteiger partial charge in [-0.2, -0.15) is 18.3 Å². The minimum Gasteiger partial charge on any atom is -0.345 e. The summed E-state index contributed by atoms with van der Waals surface area (Å²) in [4.78, 5) is 34.2.